The number of likely N-dealkylation sites (tertiary alicyclic amines) is 1. The second kappa shape index (κ2) is 5.56. The Bertz CT molecular complexity index is 546. The molecule has 2 rings (SSSR count). The predicted molar refractivity (Wildman–Crippen MR) is 69.1 cm³/mol. The number of halogens is 2. The molecule has 0 saturated carbocycles. The van der Waals surface area contributed by atoms with Crippen LogP contribution < -0.4 is 0 Å². The third-order valence-electron chi connectivity index (χ3n) is 3.40. The highest BCUT2D eigenvalue weighted by Gasteiger charge is 2.36. The van der Waals surface area contributed by atoms with Gasteiger partial charge < -0.3 is 9.80 Å². The lowest BCUT2D eigenvalue weighted by Gasteiger charge is -2.26. The summed E-state index contributed by atoms with van der Waals surface area (Å²) < 4.78 is 26.5. The van der Waals surface area contributed by atoms with Gasteiger partial charge in [0.2, 0.25) is 5.91 Å². The van der Waals surface area contributed by atoms with Crippen LogP contribution in [-0.4, -0.2) is 48.3 Å². The van der Waals surface area contributed by atoms with Gasteiger partial charge in [-0.25, -0.2) is 8.78 Å². The van der Waals surface area contributed by atoms with E-state index in [0.717, 1.165) is 12.1 Å². The van der Waals surface area contributed by atoms with Gasteiger partial charge in [-0.1, -0.05) is 0 Å². The van der Waals surface area contributed by atoms with Gasteiger partial charge in [0.05, 0.1) is 5.56 Å². The molecule has 1 aromatic carbocycles. The van der Waals surface area contributed by atoms with Crippen LogP contribution >= 0.6 is 0 Å². The van der Waals surface area contributed by atoms with Gasteiger partial charge in [0.15, 0.2) is 0 Å². The van der Waals surface area contributed by atoms with Crippen LogP contribution in [0.15, 0.2) is 18.2 Å². The predicted octanol–water partition coefficient (Wildman–Crippen LogP) is 1.66. The SMILES string of the molecule is CN(C)C(=O)C1CCCN1C(=O)c1ccc(F)cc1F. The summed E-state index contributed by atoms with van der Waals surface area (Å²) >= 11 is 0. The molecule has 2 amide bonds. The van der Waals surface area contributed by atoms with Crippen molar-refractivity contribution in [3.8, 4) is 0 Å². The normalized spacial score (nSPS) is 18.2. The summed E-state index contributed by atoms with van der Waals surface area (Å²) in [5.41, 5.74) is -0.204. The van der Waals surface area contributed by atoms with Crippen molar-refractivity contribution in [2.45, 2.75) is 18.9 Å². The number of benzene rings is 1. The highest BCUT2D eigenvalue weighted by Crippen LogP contribution is 2.22. The number of nitrogens with zero attached hydrogens (tertiary/aromatic N) is 2. The maximum absolute atomic E-state index is 13.7. The van der Waals surface area contributed by atoms with Gasteiger partial charge in [0, 0.05) is 26.7 Å². The van der Waals surface area contributed by atoms with E-state index in [-0.39, 0.29) is 11.5 Å². The molecule has 0 N–H and O–H groups in total. The molecule has 1 aliphatic rings. The van der Waals surface area contributed by atoms with Crippen molar-refractivity contribution in [2.75, 3.05) is 20.6 Å². The number of amides is 2. The molecule has 0 aromatic heterocycles. The summed E-state index contributed by atoms with van der Waals surface area (Å²) in [6, 6.07) is 2.26. The van der Waals surface area contributed by atoms with Gasteiger partial charge >= 0.3 is 0 Å². The molecule has 0 radical (unpaired) electrons. The molecule has 1 aromatic rings. The lowest BCUT2D eigenvalue weighted by Crippen LogP contribution is -2.45. The minimum absolute atomic E-state index is 0.182. The zero-order valence-electron chi connectivity index (χ0n) is 11.4. The Morgan fingerprint density at radius 1 is 1.30 bits per heavy atom. The average Bonchev–Trinajstić information content (AvgIpc) is 2.86. The van der Waals surface area contributed by atoms with Crippen molar-refractivity contribution in [3.63, 3.8) is 0 Å². The summed E-state index contributed by atoms with van der Waals surface area (Å²) in [4.78, 5) is 27.1. The van der Waals surface area contributed by atoms with Crippen molar-refractivity contribution in [2.24, 2.45) is 0 Å². The van der Waals surface area contributed by atoms with E-state index in [1.54, 1.807) is 14.1 Å². The molecule has 1 heterocycles. The first-order valence-corrected chi connectivity index (χ1v) is 6.39. The largest absolute Gasteiger partial charge is 0.347 e. The number of carbonyl (C=O) groups is 2. The summed E-state index contributed by atoms with van der Waals surface area (Å²) in [6.45, 7) is 0.403. The van der Waals surface area contributed by atoms with Crippen LogP contribution in [0.2, 0.25) is 0 Å². The monoisotopic (exact) mass is 282 g/mol. The zero-order chi connectivity index (χ0) is 14.9. The maximum Gasteiger partial charge on any atom is 0.257 e. The molecular weight excluding hydrogens is 266 g/mol. The first-order valence-electron chi connectivity index (χ1n) is 6.39. The Kier molecular flexibility index (Phi) is 4.01. The average molecular weight is 282 g/mol. The third-order valence-corrected chi connectivity index (χ3v) is 3.40. The minimum atomic E-state index is -0.905. The van der Waals surface area contributed by atoms with Crippen LogP contribution in [0.5, 0.6) is 0 Å². The first kappa shape index (κ1) is 14.4. The first-order chi connectivity index (χ1) is 9.41. The molecule has 1 unspecified atom stereocenters. The molecule has 1 aliphatic heterocycles. The van der Waals surface area contributed by atoms with Gasteiger partial charge in [0.25, 0.3) is 5.91 Å². The Morgan fingerprint density at radius 3 is 2.60 bits per heavy atom. The molecule has 20 heavy (non-hydrogen) atoms. The van der Waals surface area contributed by atoms with E-state index >= 15 is 0 Å². The van der Waals surface area contributed by atoms with Crippen molar-refractivity contribution < 1.29 is 18.4 Å². The topological polar surface area (TPSA) is 40.6 Å². The van der Waals surface area contributed by atoms with Crippen LogP contribution in [0.4, 0.5) is 8.78 Å². The zero-order valence-corrected chi connectivity index (χ0v) is 11.4. The van der Waals surface area contributed by atoms with E-state index in [1.165, 1.54) is 9.80 Å². The fourth-order valence-corrected chi connectivity index (χ4v) is 2.38. The fourth-order valence-electron chi connectivity index (χ4n) is 2.38. The van der Waals surface area contributed by atoms with Crippen LogP contribution in [0.3, 0.4) is 0 Å². The van der Waals surface area contributed by atoms with Gasteiger partial charge in [-0.05, 0) is 25.0 Å². The number of hydrogen-bond acceptors (Lipinski definition) is 2. The van der Waals surface area contributed by atoms with Crippen molar-refractivity contribution in [1.29, 1.82) is 0 Å². The van der Waals surface area contributed by atoms with Crippen LogP contribution in [0, 0.1) is 11.6 Å². The van der Waals surface area contributed by atoms with Crippen molar-refractivity contribution in [1.82, 2.24) is 9.80 Å². The van der Waals surface area contributed by atoms with E-state index in [4.69, 9.17) is 0 Å². The van der Waals surface area contributed by atoms with E-state index in [9.17, 15) is 18.4 Å². The molecule has 0 spiro atoms. The Morgan fingerprint density at radius 2 is 2.00 bits per heavy atom. The second-order valence-corrected chi connectivity index (χ2v) is 5.01. The Hall–Kier alpha value is -1.98. The lowest BCUT2D eigenvalue weighted by atomic mass is 10.1. The van der Waals surface area contributed by atoms with E-state index in [0.29, 0.717) is 25.5 Å². The van der Waals surface area contributed by atoms with Crippen molar-refractivity contribution >= 4 is 11.8 Å². The fraction of sp³-hybridized carbons (Fsp3) is 0.429. The van der Waals surface area contributed by atoms with Gasteiger partial charge in [-0.3, -0.25) is 9.59 Å². The Labute approximate surface area is 116 Å². The minimum Gasteiger partial charge on any atom is -0.347 e. The van der Waals surface area contributed by atoms with Crippen LogP contribution in [-0.2, 0) is 4.79 Å². The quantitative estimate of drug-likeness (QED) is 0.827. The van der Waals surface area contributed by atoms with E-state index in [2.05, 4.69) is 0 Å². The van der Waals surface area contributed by atoms with Crippen LogP contribution in [0.1, 0.15) is 23.2 Å². The standard InChI is InChI=1S/C14H16F2N2O2/c1-17(2)14(20)12-4-3-7-18(12)13(19)10-6-5-9(15)8-11(10)16/h5-6,8,12H,3-4,7H2,1-2H3. The number of likely N-dealkylation sites (N-methyl/N-ethyl adjacent to an activating group) is 1. The number of hydrogen-bond donors (Lipinski definition) is 0. The molecular formula is C14H16F2N2O2. The van der Waals surface area contributed by atoms with Gasteiger partial charge in [0.1, 0.15) is 17.7 Å². The third kappa shape index (κ3) is 2.64. The molecule has 4 nitrogen and oxygen atoms in total. The highest BCUT2D eigenvalue weighted by atomic mass is 19.1. The summed E-state index contributed by atoms with van der Waals surface area (Å²) in [5.74, 6) is -2.39. The van der Waals surface area contributed by atoms with E-state index < -0.39 is 23.6 Å². The van der Waals surface area contributed by atoms with E-state index in [1.807, 2.05) is 0 Å². The maximum atomic E-state index is 13.7. The molecule has 1 fully saturated rings. The van der Waals surface area contributed by atoms with Crippen molar-refractivity contribution in [3.05, 3.63) is 35.4 Å². The Balaban J connectivity index is 2.25. The molecule has 1 atom stereocenters. The molecule has 6 heteroatoms. The lowest BCUT2D eigenvalue weighted by molar-refractivity contribution is -0.132. The second-order valence-electron chi connectivity index (χ2n) is 5.01. The molecule has 1 saturated heterocycles. The number of carbonyl (C=O) groups excluding carboxylic acids is 2. The van der Waals surface area contributed by atoms with Crippen LogP contribution in [0.25, 0.3) is 0 Å². The molecule has 0 bridgehead atoms. The molecule has 0 aliphatic carbocycles. The summed E-state index contributed by atoms with van der Waals surface area (Å²) in [7, 11) is 3.23. The summed E-state index contributed by atoms with van der Waals surface area (Å²) in [5, 5.41) is 0. The number of rotatable bonds is 2. The summed E-state index contributed by atoms with van der Waals surface area (Å²) in [6.07, 6.45) is 1.25. The molecule has 108 valence electrons. The van der Waals surface area contributed by atoms with Gasteiger partial charge in [-0.15, -0.1) is 0 Å². The van der Waals surface area contributed by atoms with Gasteiger partial charge in [-0.2, -0.15) is 0 Å². The smallest absolute Gasteiger partial charge is 0.257 e. The highest BCUT2D eigenvalue weighted by molar-refractivity contribution is 5.98.